The highest BCUT2D eigenvalue weighted by atomic mass is 32.2. The van der Waals surface area contributed by atoms with E-state index in [1.165, 1.54) is 12.3 Å². The highest BCUT2D eigenvalue weighted by Crippen LogP contribution is 2.25. The van der Waals surface area contributed by atoms with Crippen molar-refractivity contribution >= 4 is 11.8 Å². The summed E-state index contributed by atoms with van der Waals surface area (Å²) < 4.78 is 0. The predicted molar refractivity (Wildman–Crippen MR) is 46.7 cm³/mol. The molecule has 64 valence electrons. The second-order valence-electron chi connectivity index (χ2n) is 3.11. The van der Waals surface area contributed by atoms with Crippen molar-refractivity contribution in [2.45, 2.75) is 11.4 Å². The van der Waals surface area contributed by atoms with Gasteiger partial charge in [-0.15, -0.1) is 11.8 Å². The maximum Gasteiger partial charge on any atom is 0.0685 e. The van der Waals surface area contributed by atoms with Gasteiger partial charge in [0, 0.05) is 31.4 Å². The van der Waals surface area contributed by atoms with Crippen molar-refractivity contribution in [3.8, 4) is 0 Å². The van der Waals surface area contributed by atoms with Crippen molar-refractivity contribution in [3.05, 3.63) is 0 Å². The summed E-state index contributed by atoms with van der Waals surface area (Å²) in [7, 11) is 0. The van der Waals surface area contributed by atoms with Gasteiger partial charge < -0.3 is 10.4 Å². The van der Waals surface area contributed by atoms with Gasteiger partial charge in [-0.2, -0.15) is 0 Å². The maximum atomic E-state index is 8.92. The molecular formula is C7H14N2OS. The van der Waals surface area contributed by atoms with Gasteiger partial charge in [0.15, 0.2) is 0 Å². The summed E-state index contributed by atoms with van der Waals surface area (Å²) in [4.78, 5) is 2.46. The normalized spacial score (nSPS) is 39.0. The van der Waals surface area contributed by atoms with Crippen LogP contribution >= 0.6 is 11.8 Å². The summed E-state index contributed by atoms with van der Waals surface area (Å²) >= 11 is 2.02. The monoisotopic (exact) mass is 174 g/mol. The molecule has 0 aromatic rings. The van der Waals surface area contributed by atoms with Crippen LogP contribution in [0.2, 0.25) is 0 Å². The number of piperazine rings is 1. The molecule has 4 heteroatoms. The average Bonchev–Trinajstić information content (AvgIpc) is 2.50. The molecule has 2 saturated heterocycles. The Morgan fingerprint density at radius 3 is 3.36 bits per heavy atom. The number of hydrogen-bond acceptors (Lipinski definition) is 4. The van der Waals surface area contributed by atoms with Crippen LogP contribution in [0.3, 0.4) is 0 Å². The van der Waals surface area contributed by atoms with Crippen molar-refractivity contribution in [3.63, 3.8) is 0 Å². The molecule has 2 unspecified atom stereocenters. The minimum absolute atomic E-state index is 0.272. The van der Waals surface area contributed by atoms with Crippen LogP contribution in [0.25, 0.3) is 0 Å². The summed E-state index contributed by atoms with van der Waals surface area (Å²) in [5.74, 6) is 1.25. The number of rotatable bonds is 1. The fourth-order valence-corrected chi connectivity index (χ4v) is 2.92. The lowest BCUT2D eigenvalue weighted by Crippen LogP contribution is -2.54. The zero-order chi connectivity index (χ0) is 7.68. The lowest BCUT2D eigenvalue weighted by Gasteiger charge is -2.34. The number of thioether (sulfide) groups is 1. The fraction of sp³-hybridized carbons (Fsp3) is 1.00. The molecule has 2 heterocycles. The van der Waals surface area contributed by atoms with Gasteiger partial charge in [-0.3, -0.25) is 4.90 Å². The standard InChI is InChI=1S/C7H14N2OS/c10-5-6-4-9-1-2-11-7(9)3-8-6/h6-8,10H,1-5H2. The summed E-state index contributed by atoms with van der Waals surface area (Å²) in [5.41, 5.74) is 0. The molecule has 0 amide bonds. The molecule has 2 aliphatic heterocycles. The SMILES string of the molecule is OCC1CN2CCSC2CN1. The Balaban J connectivity index is 1.91. The zero-order valence-corrected chi connectivity index (χ0v) is 7.31. The van der Waals surface area contributed by atoms with Gasteiger partial charge in [0.25, 0.3) is 0 Å². The van der Waals surface area contributed by atoms with Crippen LogP contribution in [-0.2, 0) is 0 Å². The topological polar surface area (TPSA) is 35.5 Å². The van der Waals surface area contributed by atoms with Crippen LogP contribution in [-0.4, -0.2) is 53.4 Å². The largest absolute Gasteiger partial charge is 0.395 e. The Kier molecular flexibility index (Phi) is 2.36. The molecule has 2 fully saturated rings. The minimum atomic E-state index is 0.272. The van der Waals surface area contributed by atoms with Gasteiger partial charge in [-0.05, 0) is 0 Å². The number of aliphatic hydroxyl groups is 1. The molecule has 0 radical (unpaired) electrons. The fourth-order valence-electron chi connectivity index (χ4n) is 1.69. The second-order valence-corrected chi connectivity index (χ2v) is 4.39. The smallest absolute Gasteiger partial charge is 0.0685 e. The molecule has 11 heavy (non-hydrogen) atoms. The van der Waals surface area contributed by atoms with E-state index < -0.39 is 0 Å². The molecule has 2 N–H and O–H groups in total. The molecule has 2 rings (SSSR count). The number of hydrogen-bond donors (Lipinski definition) is 2. The Labute approximate surface area is 71.1 Å². The molecule has 0 spiro atoms. The van der Waals surface area contributed by atoms with Crippen LogP contribution in [0, 0.1) is 0 Å². The van der Waals surface area contributed by atoms with Gasteiger partial charge in [0.1, 0.15) is 0 Å². The van der Waals surface area contributed by atoms with Crippen molar-refractivity contribution in [2.75, 3.05) is 32.0 Å². The molecule has 0 saturated carbocycles. The molecule has 0 aromatic carbocycles. The number of nitrogens with zero attached hydrogens (tertiary/aromatic N) is 1. The molecule has 2 aliphatic rings. The first-order chi connectivity index (χ1) is 5.40. The van der Waals surface area contributed by atoms with E-state index in [2.05, 4.69) is 10.2 Å². The van der Waals surface area contributed by atoms with Crippen molar-refractivity contribution in [1.82, 2.24) is 10.2 Å². The third-order valence-corrected chi connectivity index (χ3v) is 3.62. The van der Waals surface area contributed by atoms with E-state index >= 15 is 0 Å². The van der Waals surface area contributed by atoms with Crippen LogP contribution in [0.1, 0.15) is 0 Å². The van der Waals surface area contributed by atoms with E-state index in [0.717, 1.165) is 13.1 Å². The molecule has 0 bridgehead atoms. The van der Waals surface area contributed by atoms with E-state index in [4.69, 9.17) is 5.11 Å². The highest BCUT2D eigenvalue weighted by molar-refractivity contribution is 8.00. The first kappa shape index (κ1) is 7.86. The summed E-state index contributed by atoms with van der Waals surface area (Å²) in [5, 5.41) is 12.9. The Morgan fingerprint density at radius 2 is 2.55 bits per heavy atom. The summed E-state index contributed by atoms with van der Waals surface area (Å²) in [6.07, 6.45) is 0. The van der Waals surface area contributed by atoms with Crippen LogP contribution in [0.15, 0.2) is 0 Å². The molecular weight excluding hydrogens is 160 g/mol. The lowest BCUT2D eigenvalue weighted by atomic mass is 10.2. The van der Waals surface area contributed by atoms with Crippen molar-refractivity contribution < 1.29 is 5.11 Å². The highest BCUT2D eigenvalue weighted by Gasteiger charge is 2.31. The van der Waals surface area contributed by atoms with Gasteiger partial charge in [-0.1, -0.05) is 0 Å². The first-order valence-electron chi connectivity index (χ1n) is 4.10. The van der Waals surface area contributed by atoms with E-state index in [9.17, 15) is 0 Å². The van der Waals surface area contributed by atoms with Crippen molar-refractivity contribution in [1.29, 1.82) is 0 Å². The van der Waals surface area contributed by atoms with E-state index in [0.29, 0.717) is 11.4 Å². The number of aliphatic hydroxyl groups excluding tert-OH is 1. The third-order valence-electron chi connectivity index (χ3n) is 2.35. The third kappa shape index (κ3) is 1.54. The molecule has 0 aromatic heterocycles. The zero-order valence-electron chi connectivity index (χ0n) is 6.49. The Morgan fingerprint density at radius 1 is 1.64 bits per heavy atom. The van der Waals surface area contributed by atoms with Crippen LogP contribution in [0.5, 0.6) is 0 Å². The van der Waals surface area contributed by atoms with Gasteiger partial charge in [-0.25, -0.2) is 0 Å². The van der Waals surface area contributed by atoms with E-state index in [-0.39, 0.29) is 6.61 Å². The van der Waals surface area contributed by atoms with Gasteiger partial charge in [0.05, 0.1) is 12.0 Å². The van der Waals surface area contributed by atoms with Crippen molar-refractivity contribution in [2.24, 2.45) is 0 Å². The van der Waals surface area contributed by atoms with Gasteiger partial charge in [0.2, 0.25) is 0 Å². The number of nitrogens with one attached hydrogen (secondary N) is 1. The van der Waals surface area contributed by atoms with E-state index in [1.54, 1.807) is 0 Å². The quantitative estimate of drug-likeness (QED) is 0.552. The van der Waals surface area contributed by atoms with E-state index in [1.807, 2.05) is 11.8 Å². The molecule has 0 aliphatic carbocycles. The minimum Gasteiger partial charge on any atom is -0.395 e. The second kappa shape index (κ2) is 3.31. The first-order valence-corrected chi connectivity index (χ1v) is 5.15. The summed E-state index contributed by atoms with van der Waals surface area (Å²) in [6.45, 7) is 3.53. The Bertz CT molecular complexity index is 144. The predicted octanol–water partition coefficient (Wildman–Crippen LogP) is -0.675. The average molecular weight is 174 g/mol. The molecule has 2 atom stereocenters. The van der Waals surface area contributed by atoms with Crippen LogP contribution < -0.4 is 5.32 Å². The Hall–Kier alpha value is 0.230. The lowest BCUT2D eigenvalue weighted by molar-refractivity contribution is 0.148. The molecule has 3 nitrogen and oxygen atoms in total. The van der Waals surface area contributed by atoms with Crippen LogP contribution in [0.4, 0.5) is 0 Å². The number of fused-ring (bicyclic) bond motifs is 1. The summed E-state index contributed by atoms with van der Waals surface area (Å²) in [6, 6.07) is 0.310. The maximum absolute atomic E-state index is 8.92. The van der Waals surface area contributed by atoms with Gasteiger partial charge >= 0.3 is 0 Å².